The minimum atomic E-state index is -0.515. The Morgan fingerprint density at radius 2 is 1.90 bits per heavy atom. The van der Waals surface area contributed by atoms with Crippen molar-refractivity contribution in [3.8, 4) is 11.5 Å². The molecule has 0 aliphatic carbocycles. The third-order valence-electron chi connectivity index (χ3n) is 6.41. The number of ether oxygens (including phenoxy) is 2. The Morgan fingerprint density at radius 3 is 2.77 bits per heavy atom. The highest BCUT2D eigenvalue weighted by Crippen LogP contribution is 2.44. The van der Waals surface area contributed by atoms with Gasteiger partial charge in [0.05, 0.1) is 12.6 Å². The number of benzene rings is 2. The van der Waals surface area contributed by atoms with Crippen molar-refractivity contribution in [2.24, 2.45) is 0 Å². The van der Waals surface area contributed by atoms with Crippen molar-refractivity contribution in [3.05, 3.63) is 58.8 Å². The van der Waals surface area contributed by atoms with E-state index in [4.69, 9.17) is 9.47 Å². The summed E-state index contributed by atoms with van der Waals surface area (Å²) in [5.41, 5.74) is 5.16. The second-order valence-corrected chi connectivity index (χ2v) is 8.30. The number of fused-ring (bicyclic) bond motifs is 5. The van der Waals surface area contributed by atoms with E-state index in [1.807, 2.05) is 18.2 Å². The highest BCUT2D eigenvalue weighted by molar-refractivity contribution is 5.97. The topological polar surface area (TPSA) is 74.9 Å². The van der Waals surface area contributed by atoms with Crippen LogP contribution in [-0.4, -0.2) is 53.0 Å². The molecule has 6 rings (SSSR count). The smallest absolute Gasteiger partial charge is 0.245 e. The molecule has 152 valence electrons. The van der Waals surface area contributed by atoms with Gasteiger partial charge in [-0.3, -0.25) is 9.59 Å². The first-order chi connectivity index (χ1) is 14.5. The molecule has 0 spiro atoms. The van der Waals surface area contributed by atoms with Crippen molar-refractivity contribution in [1.82, 2.24) is 14.8 Å². The third-order valence-corrected chi connectivity index (χ3v) is 6.41. The van der Waals surface area contributed by atoms with Gasteiger partial charge in [-0.25, -0.2) is 0 Å². The van der Waals surface area contributed by atoms with Crippen LogP contribution in [0.1, 0.15) is 28.4 Å². The van der Waals surface area contributed by atoms with Crippen molar-refractivity contribution in [2.45, 2.75) is 25.4 Å². The number of rotatable bonds is 1. The summed E-state index contributed by atoms with van der Waals surface area (Å²) in [7, 11) is 1.70. The molecule has 3 aliphatic heterocycles. The number of piperazine rings is 1. The summed E-state index contributed by atoms with van der Waals surface area (Å²) >= 11 is 0. The van der Waals surface area contributed by atoms with Crippen LogP contribution in [0.2, 0.25) is 0 Å². The Labute approximate surface area is 173 Å². The highest BCUT2D eigenvalue weighted by Gasteiger charge is 2.47. The molecular weight excluding hydrogens is 382 g/mol. The number of carbonyl (C=O) groups excluding carboxylic acids is 2. The molecular formula is C23H21N3O4. The van der Waals surface area contributed by atoms with E-state index in [2.05, 4.69) is 30.1 Å². The molecule has 3 aromatic rings. The van der Waals surface area contributed by atoms with E-state index < -0.39 is 6.04 Å². The number of likely N-dealkylation sites (N-methyl/N-ethyl adjacent to an activating group) is 1. The number of nitrogens with zero attached hydrogens (tertiary/aromatic N) is 2. The maximum Gasteiger partial charge on any atom is 0.245 e. The summed E-state index contributed by atoms with van der Waals surface area (Å²) in [5.74, 6) is 1.29. The van der Waals surface area contributed by atoms with Gasteiger partial charge >= 0.3 is 0 Å². The number of nitrogens with one attached hydrogen (secondary N) is 1. The first-order valence-corrected chi connectivity index (χ1v) is 10.1. The average Bonchev–Trinajstić information content (AvgIpc) is 3.34. The van der Waals surface area contributed by atoms with Crippen molar-refractivity contribution in [3.63, 3.8) is 0 Å². The molecule has 2 aromatic carbocycles. The van der Waals surface area contributed by atoms with Crippen LogP contribution in [0.4, 0.5) is 0 Å². The zero-order valence-corrected chi connectivity index (χ0v) is 16.8. The van der Waals surface area contributed by atoms with E-state index in [-0.39, 0.29) is 31.2 Å². The fraction of sp³-hybridized carbons (Fsp3) is 0.304. The summed E-state index contributed by atoms with van der Waals surface area (Å²) in [6.07, 6.45) is 0.509. The van der Waals surface area contributed by atoms with Gasteiger partial charge in [-0.05, 0) is 42.3 Å². The Kier molecular flexibility index (Phi) is 3.48. The van der Waals surface area contributed by atoms with E-state index in [1.54, 1.807) is 11.9 Å². The maximum atomic E-state index is 13.1. The van der Waals surface area contributed by atoms with Crippen LogP contribution >= 0.6 is 0 Å². The minimum absolute atomic E-state index is 0.0204. The molecule has 30 heavy (non-hydrogen) atoms. The number of carbonyl (C=O) groups is 2. The molecule has 1 saturated heterocycles. The van der Waals surface area contributed by atoms with Crippen molar-refractivity contribution >= 4 is 22.7 Å². The molecule has 3 aliphatic rings. The van der Waals surface area contributed by atoms with Crippen LogP contribution in [0.5, 0.6) is 11.5 Å². The summed E-state index contributed by atoms with van der Waals surface area (Å²) in [4.78, 5) is 33.1. The van der Waals surface area contributed by atoms with Crippen LogP contribution in [0.15, 0.2) is 36.4 Å². The van der Waals surface area contributed by atoms with Gasteiger partial charge in [-0.15, -0.1) is 0 Å². The van der Waals surface area contributed by atoms with Gasteiger partial charge in [0.2, 0.25) is 18.6 Å². The molecule has 0 unspecified atom stereocenters. The fourth-order valence-corrected chi connectivity index (χ4v) is 5.00. The normalized spacial score (nSPS) is 22.5. The summed E-state index contributed by atoms with van der Waals surface area (Å²) in [5, 5.41) is 1.11. The molecule has 0 saturated carbocycles. The number of aromatic nitrogens is 1. The van der Waals surface area contributed by atoms with Crippen molar-refractivity contribution in [2.75, 3.05) is 20.4 Å². The van der Waals surface area contributed by atoms with Crippen LogP contribution in [0, 0.1) is 6.92 Å². The number of amides is 2. The van der Waals surface area contributed by atoms with Gasteiger partial charge in [0.15, 0.2) is 11.5 Å². The molecule has 2 atom stereocenters. The number of aromatic amines is 1. The van der Waals surface area contributed by atoms with E-state index >= 15 is 0 Å². The van der Waals surface area contributed by atoms with Gasteiger partial charge < -0.3 is 24.3 Å². The maximum absolute atomic E-state index is 13.1. The van der Waals surface area contributed by atoms with Crippen molar-refractivity contribution < 1.29 is 19.1 Å². The van der Waals surface area contributed by atoms with Gasteiger partial charge in [0, 0.05) is 30.1 Å². The quantitative estimate of drug-likeness (QED) is 0.678. The van der Waals surface area contributed by atoms with Crippen LogP contribution < -0.4 is 9.47 Å². The van der Waals surface area contributed by atoms with E-state index in [9.17, 15) is 9.59 Å². The van der Waals surface area contributed by atoms with E-state index in [0.29, 0.717) is 17.9 Å². The Hall–Kier alpha value is -3.48. The predicted octanol–water partition coefficient (Wildman–Crippen LogP) is 2.52. The molecule has 7 nitrogen and oxygen atoms in total. The first kappa shape index (κ1) is 17.4. The number of H-pyrrole nitrogens is 1. The molecule has 1 N–H and O–H groups in total. The molecule has 0 bridgehead atoms. The highest BCUT2D eigenvalue weighted by atomic mass is 16.7. The number of aryl methyl sites for hydroxylation is 1. The summed E-state index contributed by atoms with van der Waals surface area (Å²) < 4.78 is 11.0. The van der Waals surface area contributed by atoms with Gasteiger partial charge in [-0.1, -0.05) is 17.7 Å². The lowest BCUT2D eigenvalue weighted by atomic mass is 9.86. The zero-order chi connectivity index (χ0) is 20.6. The molecule has 7 heteroatoms. The zero-order valence-electron chi connectivity index (χ0n) is 16.8. The van der Waals surface area contributed by atoms with E-state index in [1.165, 1.54) is 4.90 Å². The SMILES string of the molecule is Cc1ccc2[nH]c3c(c2c1)C[C@H]1C(=O)N(C)CC(=O)N1[C@H]3c1ccc2c(c1)OCO2. The molecule has 1 aromatic heterocycles. The Bertz CT molecular complexity index is 1230. The average molecular weight is 403 g/mol. The number of hydrogen-bond donors (Lipinski definition) is 1. The fourth-order valence-electron chi connectivity index (χ4n) is 5.00. The predicted molar refractivity (Wildman–Crippen MR) is 109 cm³/mol. The standard InChI is InChI=1S/C23H21N3O4/c1-12-3-5-16-14(7-12)15-9-17-23(28)25(2)10-20(27)26(17)22(21(15)24-16)13-4-6-18-19(8-13)30-11-29-18/h3-8,17,22,24H,9-11H2,1-2H3/t17-,22-/m0/s1. The van der Waals surface area contributed by atoms with Gasteiger partial charge in [0.25, 0.3) is 0 Å². The molecule has 4 heterocycles. The van der Waals surface area contributed by atoms with Crippen LogP contribution in [0.3, 0.4) is 0 Å². The van der Waals surface area contributed by atoms with Gasteiger partial charge in [0.1, 0.15) is 6.04 Å². The monoisotopic (exact) mass is 403 g/mol. The lowest BCUT2D eigenvalue weighted by molar-refractivity contribution is -0.157. The molecule has 2 amide bonds. The Morgan fingerprint density at radius 1 is 1.07 bits per heavy atom. The van der Waals surface area contributed by atoms with E-state index in [0.717, 1.165) is 33.3 Å². The molecule has 1 fully saturated rings. The summed E-state index contributed by atoms with van der Waals surface area (Å²) in [6.45, 7) is 2.34. The third kappa shape index (κ3) is 2.32. The Balaban J connectivity index is 1.60. The van der Waals surface area contributed by atoms with Gasteiger partial charge in [-0.2, -0.15) is 0 Å². The van der Waals surface area contributed by atoms with Crippen molar-refractivity contribution in [1.29, 1.82) is 0 Å². The first-order valence-electron chi connectivity index (χ1n) is 10.1. The second kappa shape index (κ2) is 6.01. The minimum Gasteiger partial charge on any atom is -0.454 e. The number of hydrogen-bond acceptors (Lipinski definition) is 4. The summed E-state index contributed by atoms with van der Waals surface area (Å²) in [6, 6.07) is 11.1. The largest absolute Gasteiger partial charge is 0.454 e. The molecule has 0 radical (unpaired) electrons. The van der Waals surface area contributed by atoms with Crippen LogP contribution in [-0.2, 0) is 16.0 Å². The van der Waals surface area contributed by atoms with Crippen LogP contribution in [0.25, 0.3) is 10.9 Å². The second-order valence-electron chi connectivity index (χ2n) is 8.30. The lowest BCUT2D eigenvalue weighted by Gasteiger charge is -2.46. The lowest BCUT2D eigenvalue weighted by Crippen LogP contribution is -2.62.